The van der Waals surface area contributed by atoms with Crippen LogP contribution < -0.4 is 10.1 Å². The number of carbonyl (C=O) groups is 1. The highest BCUT2D eigenvalue weighted by Gasteiger charge is 2.12. The quantitative estimate of drug-likeness (QED) is 0.337. The molecule has 0 aliphatic heterocycles. The van der Waals surface area contributed by atoms with E-state index in [0.29, 0.717) is 33.9 Å². The molecule has 31 heavy (non-hydrogen) atoms. The van der Waals surface area contributed by atoms with Gasteiger partial charge >= 0.3 is 0 Å². The molecule has 0 saturated carbocycles. The van der Waals surface area contributed by atoms with Gasteiger partial charge in [0.1, 0.15) is 12.4 Å². The molecule has 8 heteroatoms. The number of hydrogen-bond acceptors (Lipinski definition) is 4. The number of ether oxygens (including phenoxy) is 1. The normalized spacial score (nSPS) is 10.8. The van der Waals surface area contributed by atoms with Crippen LogP contribution in [0.2, 0.25) is 10.0 Å². The van der Waals surface area contributed by atoms with Crippen LogP contribution in [-0.4, -0.2) is 15.7 Å². The van der Waals surface area contributed by atoms with Crippen LogP contribution in [0, 0.1) is 6.92 Å². The third-order valence-electron chi connectivity index (χ3n) is 4.55. The molecule has 5 nitrogen and oxygen atoms in total. The number of hydrogen-bond donors (Lipinski definition) is 1. The van der Waals surface area contributed by atoms with Crippen LogP contribution in [0.5, 0.6) is 5.75 Å². The number of amides is 1. The molecule has 0 aliphatic rings. The van der Waals surface area contributed by atoms with Gasteiger partial charge in [-0.1, -0.05) is 35.3 Å². The van der Waals surface area contributed by atoms with Crippen molar-refractivity contribution in [2.75, 3.05) is 5.32 Å². The molecule has 0 aliphatic carbocycles. The zero-order chi connectivity index (χ0) is 21.8. The summed E-state index contributed by atoms with van der Waals surface area (Å²) >= 11 is 13.3. The number of anilines is 1. The molecule has 0 spiro atoms. The van der Waals surface area contributed by atoms with E-state index < -0.39 is 0 Å². The Hall–Kier alpha value is -2.80. The van der Waals surface area contributed by atoms with Crippen LogP contribution >= 0.6 is 34.5 Å². The van der Waals surface area contributed by atoms with Gasteiger partial charge in [-0.15, -0.1) is 11.3 Å². The van der Waals surface area contributed by atoms with Gasteiger partial charge in [0, 0.05) is 27.9 Å². The predicted molar refractivity (Wildman–Crippen MR) is 126 cm³/mol. The summed E-state index contributed by atoms with van der Waals surface area (Å²) < 4.78 is 7.56. The zero-order valence-electron chi connectivity index (χ0n) is 16.6. The maximum atomic E-state index is 12.6. The number of aryl methyl sites for hydroxylation is 1. The third kappa shape index (κ3) is 5.67. The van der Waals surface area contributed by atoms with Gasteiger partial charge in [0.25, 0.3) is 5.91 Å². The van der Waals surface area contributed by atoms with Gasteiger partial charge in [-0.25, -0.2) is 0 Å². The fourth-order valence-electron chi connectivity index (χ4n) is 2.92. The summed E-state index contributed by atoms with van der Waals surface area (Å²) in [6.45, 7) is 2.90. The summed E-state index contributed by atoms with van der Waals surface area (Å²) in [6.07, 6.45) is 1.83. The van der Waals surface area contributed by atoms with Crippen molar-refractivity contribution in [3.8, 4) is 5.75 Å². The molecule has 0 fully saturated rings. The van der Waals surface area contributed by atoms with E-state index >= 15 is 0 Å². The molecule has 2 aromatic carbocycles. The molecular formula is C23H19Cl2N3O2S. The minimum Gasteiger partial charge on any atom is -0.489 e. The number of rotatable bonds is 7. The monoisotopic (exact) mass is 471 g/mol. The van der Waals surface area contributed by atoms with Crippen LogP contribution in [0.4, 0.5) is 5.82 Å². The molecule has 0 saturated heterocycles. The minimum atomic E-state index is -0.199. The van der Waals surface area contributed by atoms with E-state index in [1.165, 1.54) is 11.3 Å². The van der Waals surface area contributed by atoms with Gasteiger partial charge in [0.2, 0.25) is 0 Å². The van der Waals surface area contributed by atoms with Crippen molar-refractivity contribution in [1.29, 1.82) is 0 Å². The summed E-state index contributed by atoms with van der Waals surface area (Å²) in [4.78, 5) is 13.2. The third-order valence-corrected chi connectivity index (χ3v) is 6.21. The number of aromatic nitrogens is 2. The molecule has 1 amide bonds. The minimum absolute atomic E-state index is 0.199. The largest absolute Gasteiger partial charge is 0.489 e. The lowest BCUT2D eigenvalue weighted by Crippen LogP contribution is -2.11. The molecule has 0 bridgehead atoms. The lowest BCUT2D eigenvalue weighted by molar-refractivity contribution is 0.103. The van der Waals surface area contributed by atoms with Crippen molar-refractivity contribution >= 4 is 46.3 Å². The Kier molecular flexibility index (Phi) is 6.61. The maximum Gasteiger partial charge on any atom is 0.266 e. The average molecular weight is 472 g/mol. The van der Waals surface area contributed by atoms with Gasteiger partial charge in [0.05, 0.1) is 11.4 Å². The van der Waals surface area contributed by atoms with Crippen LogP contribution in [0.1, 0.15) is 26.4 Å². The molecular weight excluding hydrogens is 453 g/mol. The fraction of sp³-hybridized carbons (Fsp3) is 0.130. The van der Waals surface area contributed by atoms with Crippen molar-refractivity contribution in [3.63, 3.8) is 0 Å². The summed E-state index contributed by atoms with van der Waals surface area (Å²) in [5, 5.41) is 10.6. The second-order valence-electron chi connectivity index (χ2n) is 7.00. The Labute approximate surface area is 194 Å². The molecule has 1 N–H and O–H groups in total. The Bertz CT molecular complexity index is 1200. The van der Waals surface area contributed by atoms with Gasteiger partial charge in [-0.3, -0.25) is 9.48 Å². The van der Waals surface area contributed by atoms with Gasteiger partial charge in [-0.2, -0.15) is 5.10 Å². The summed E-state index contributed by atoms with van der Waals surface area (Å²) in [6, 6.07) is 16.7. The van der Waals surface area contributed by atoms with Gasteiger partial charge < -0.3 is 10.1 Å². The lowest BCUT2D eigenvalue weighted by atomic mass is 10.2. The van der Waals surface area contributed by atoms with E-state index in [-0.39, 0.29) is 5.91 Å². The molecule has 0 atom stereocenters. The number of benzene rings is 2. The second-order valence-corrected chi connectivity index (χ2v) is 8.75. The molecule has 0 radical (unpaired) electrons. The number of carbonyl (C=O) groups excluding carboxylic acids is 1. The molecule has 2 aromatic heterocycles. The van der Waals surface area contributed by atoms with Crippen molar-refractivity contribution in [3.05, 3.63) is 97.8 Å². The number of halogens is 2. The number of thiophene rings is 1. The Morgan fingerprint density at radius 3 is 2.68 bits per heavy atom. The zero-order valence-corrected chi connectivity index (χ0v) is 19.0. The molecule has 158 valence electrons. The maximum absolute atomic E-state index is 12.6. The molecule has 0 unspecified atom stereocenters. The smallest absolute Gasteiger partial charge is 0.266 e. The second kappa shape index (κ2) is 9.56. The first-order valence-corrected chi connectivity index (χ1v) is 11.2. The van der Waals surface area contributed by atoms with Crippen molar-refractivity contribution < 1.29 is 9.53 Å². The Morgan fingerprint density at radius 2 is 1.90 bits per heavy atom. The summed E-state index contributed by atoms with van der Waals surface area (Å²) in [5.41, 5.74) is 2.96. The van der Waals surface area contributed by atoms with Crippen molar-refractivity contribution in [2.24, 2.45) is 0 Å². The molecule has 4 aromatic rings. The first-order valence-electron chi connectivity index (χ1n) is 9.52. The number of nitrogens with one attached hydrogen (secondary N) is 1. The first-order chi connectivity index (χ1) is 15.0. The number of nitrogens with zero attached hydrogens (tertiary/aromatic N) is 2. The van der Waals surface area contributed by atoms with Crippen LogP contribution in [0.25, 0.3) is 0 Å². The fourth-order valence-corrected chi connectivity index (χ4v) is 3.95. The topological polar surface area (TPSA) is 56.1 Å². The SMILES string of the molecule is Cc1cc(OCc2csc(C(=O)Nc3ccn(Cc4ccc(Cl)cc4)n3)c2)ccc1Cl. The van der Waals surface area contributed by atoms with E-state index in [4.69, 9.17) is 27.9 Å². The standard InChI is InChI=1S/C23H19Cl2N3O2S/c1-15-10-19(6-7-20(15)25)30-13-17-11-21(31-14-17)23(29)26-22-8-9-28(27-22)12-16-2-4-18(24)5-3-16/h2-11,14H,12-13H2,1H3,(H,26,27,29). The molecule has 2 heterocycles. The van der Waals surface area contributed by atoms with Crippen molar-refractivity contribution in [2.45, 2.75) is 20.1 Å². The Balaban J connectivity index is 1.33. The van der Waals surface area contributed by atoms with Gasteiger partial charge in [-0.05, 0) is 59.8 Å². The highest BCUT2D eigenvalue weighted by Crippen LogP contribution is 2.23. The van der Waals surface area contributed by atoms with Crippen LogP contribution in [-0.2, 0) is 13.2 Å². The van der Waals surface area contributed by atoms with E-state index in [1.807, 2.05) is 67.0 Å². The van der Waals surface area contributed by atoms with Crippen molar-refractivity contribution in [1.82, 2.24) is 9.78 Å². The first kappa shape index (κ1) is 21.4. The summed E-state index contributed by atoms with van der Waals surface area (Å²) in [5.74, 6) is 1.04. The predicted octanol–water partition coefficient (Wildman–Crippen LogP) is 6.44. The van der Waals surface area contributed by atoms with E-state index in [0.717, 1.165) is 22.4 Å². The highest BCUT2D eigenvalue weighted by molar-refractivity contribution is 7.12. The van der Waals surface area contributed by atoms with Crippen LogP contribution in [0.3, 0.4) is 0 Å². The Morgan fingerprint density at radius 1 is 1.10 bits per heavy atom. The average Bonchev–Trinajstić information content (AvgIpc) is 3.40. The van der Waals surface area contributed by atoms with E-state index in [9.17, 15) is 4.79 Å². The van der Waals surface area contributed by atoms with Crippen LogP contribution in [0.15, 0.2) is 66.2 Å². The van der Waals surface area contributed by atoms with E-state index in [2.05, 4.69) is 10.4 Å². The summed E-state index contributed by atoms with van der Waals surface area (Å²) in [7, 11) is 0. The van der Waals surface area contributed by atoms with Gasteiger partial charge in [0.15, 0.2) is 5.82 Å². The van der Waals surface area contributed by atoms with E-state index in [1.54, 1.807) is 10.7 Å². The lowest BCUT2D eigenvalue weighted by Gasteiger charge is -2.06. The molecule has 4 rings (SSSR count). The highest BCUT2D eigenvalue weighted by atomic mass is 35.5.